The Morgan fingerprint density at radius 2 is 1.14 bits per heavy atom. The molecular formula is C48H52B2N4O4. The summed E-state index contributed by atoms with van der Waals surface area (Å²) in [5.74, 6) is 4.61. The molecule has 8 aromatic rings. The molecule has 0 aliphatic carbocycles. The molecule has 1 N–H and O–H groups in total. The van der Waals surface area contributed by atoms with Crippen molar-refractivity contribution in [3.05, 3.63) is 144 Å². The van der Waals surface area contributed by atoms with Crippen molar-refractivity contribution in [3.63, 3.8) is 0 Å². The molecule has 58 heavy (non-hydrogen) atoms. The summed E-state index contributed by atoms with van der Waals surface area (Å²) in [6, 6.07) is 35.6. The quantitative estimate of drug-likeness (QED) is 0.117. The van der Waals surface area contributed by atoms with Gasteiger partial charge in [0, 0.05) is 53.8 Å². The van der Waals surface area contributed by atoms with Gasteiger partial charge in [0.2, 0.25) is 11.8 Å². The predicted molar refractivity (Wildman–Crippen MR) is 237 cm³/mol. The van der Waals surface area contributed by atoms with Crippen molar-refractivity contribution in [3.8, 4) is 34.4 Å². The van der Waals surface area contributed by atoms with E-state index in [0.29, 0.717) is 24.7 Å². The second kappa shape index (κ2) is 20.0. The molecular weight excluding hydrogens is 718 g/mol. The highest BCUT2D eigenvalue weighted by Crippen LogP contribution is 2.29. The Morgan fingerprint density at radius 3 is 1.67 bits per heavy atom. The molecule has 0 bridgehead atoms. The zero-order chi connectivity index (χ0) is 41.0. The molecule has 0 saturated carbocycles. The van der Waals surface area contributed by atoms with Crippen molar-refractivity contribution in [2.45, 2.75) is 85.0 Å². The molecule has 4 radical (unpaired) electrons. The van der Waals surface area contributed by atoms with E-state index < -0.39 is 0 Å². The smallest absolute Gasteiger partial charge is 0.226 e. The number of hydrogen-bond acceptors (Lipinski definition) is 6. The van der Waals surface area contributed by atoms with Gasteiger partial charge < -0.3 is 27.8 Å². The first kappa shape index (κ1) is 41.7. The van der Waals surface area contributed by atoms with Gasteiger partial charge >= 0.3 is 0 Å². The first-order valence-electron chi connectivity index (χ1n) is 20.1. The van der Waals surface area contributed by atoms with Crippen LogP contribution < -0.4 is 4.74 Å². The van der Waals surface area contributed by atoms with E-state index in [1.54, 1.807) is 6.07 Å². The summed E-state index contributed by atoms with van der Waals surface area (Å²) in [5.41, 5.74) is 6.23. The van der Waals surface area contributed by atoms with Gasteiger partial charge in [-0.25, -0.2) is 9.97 Å². The molecule has 4 aromatic carbocycles. The van der Waals surface area contributed by atoms with E-state index in [9.17, 15) is 5.11 Å². The van der Waals surface area contributed by atoms with Crippen LogP contribution in [0.2, 0.25) is 11.6 Å². The third-order valence-corrected chi connectivity index (χ3v) is 9.72. The Hall–Kier alpha value is -5.89. The SMILES string of the molecule is CCCCc1nc(-c2ccccc2)oc1C.[B][C@H](C)Cn1ccc2c(O)cccc21.[B][C@H](C)Cn1ccc2c(OCCc3nc(-c4ccccc4)oc3C)cccc21. The standard InChI is InChI=1S/C23H23BN2O2.C14H17NO.C11H12BNO/c1-16(24)15-26-13-11-19-21(26)9-6-10-22(19)27-14-12-20-17(2)28-23(25-20)18-7-4-3-5-8-18;1-3-4-10-13-11(2)16-14(15-13)12-8-6-5-7-9-12;1-8(12)7-13-6-5-9-10(13)3-2-4-11(9)14/h3-11,13,16H,12,14-15H2,1-2H3;5-9H,3-4,10H2,1-2H3;2-6,8,14H,7H2,1H3/t16-;;8-/m1.1/s1. The summed E-state index contributed by atoms with van der Waals surface area (Å²) in [6.07, 6.45) is 8.08. The number of ether oxygens (including phenoxy) is 1. The lowest BCUT2D eigenvalue weighted by Gasteiger charge is -2.10. The summed E-state index contributed by atoms with van der Waals surface area (Å²) in [5, 5.41) is 11.6. The van der Waals surface area contributed by atoms with Crippen molar-refractivity contribution in [2.75, 3.05) is 6.61 Å². The van der Waals surface area contributed by atoms with Gasteiger partial charge in [0.05, 0.1) is 44.7 Å². The van der Waals surface area contributed by atoms with E-state index in [1.165, 1.54) is 12.8 Å². The molecule has 0 fully saturated rings. The van der Waals surface area contributed by atoms with Gasteiger partial charge in [0.1, 0.15) is 23.0 Å². The molecule has 0 unspecified atom stereocenters. The second-order valence-corrected chi connectivity index (χ2v) is 14.8. The maximum Gasteiger partial charge on any atom is 0.226 e. The van der Waals surface area contributed by atoms with Crippen molar-refractivity contribution in [1.29, 1.82) is 0 Å². The fourth-order valence-electron chi connectivity index (χ4n) is 6.80. The average Bonchev–Trinajstić information content (AvgIpc) is 4.01. The van der Waals surface area contributed by atoms with Crippen LogP contribution in [0, 0.1) is 13.8 Å². The number of nitrogens with zero attached hydrogens (tertiary/aromatic N) is 4. The average molecular weight is 771 g/mol. The number of aromatic nitrogens is 4. The summed E-state index contributed by atoms with van der Waals surface area (Å²) in [4.78, 5) is 9.20. The van der Waals surface area contributed by atoms with Crippen LogP contribution in [0.4, 0.5) is 0 Å². The molecule has 10 heteroatoms. The molecule has 4 heterocycles. The maximum atomic E-state index is 9.57. The molecule has 4 aromatic heterocycles. The molecule has 8 rings (SSSR count). The van der Waals surface area contributed by atoms with Gasteiger partial charge in [-0.05, 0) is 87.4 Å². The minimum atomic E-state index is 0.106. The van der Waals surface area contributed by atoms with Gasteiger partial charge in [-0.2, -0.15) is 0 Å². The zero-order valence-corrected chi connectivity index (χ0v) is 34.3. The van der Waals surface area contributed by atoms with Crippen LogP contribution in [-0.4, -0.2) is 46.5 Å². The number of aryl methyl sites for hydroxylation is 3. The molecule has 294 valence electrons. The van der Waals surface area contributed by atoms with Crippen LogP contribution in [-0.2, 0) is 25.9 Å². The number of benzene rings is 4. The third kappa shape index (κ3) is 10.7. The number of fused-ring (bicyclic) bond motifs is 2. The van der Waals surface area contributed by atoms with E-state index >= 15 is 0 Å². The van der Waals surface area contributed by atoms with Crippen LogP contribution in [0.5, 0.6) is 11.5 Å². The molecule has 0 spiro atoms. The summed E-state index contributed by atoms with van der Waals surface area (Å²) in [6.45, 7) is 12.2. The number of rotatable bonds is 13. The fraction of sp³-hybridized carbons (Fsp3) is 0.292. The highest BCUT2D eigenvalue weighted by molar-refractivity contribution is 6.11. The summed E-state index contributed by atoms with van der Waals surface area (Å²) >= 11 is 0. The van der Waals surface area contributed by atoms with Crippen LogP contribution in [0.15, 0.2) is 130 Å². The first-order chi connectivity index (χ1) is 28.1. The highest BCUT2D eigenvalue weighted by Gasteiger charge is 2.13. The van der Waals surface area contributed by atoms with E-state index in [-0.39, 0.29) is 11.6 Å². The number of oxazole rings is 2. The molecule has 0 aliphatic rings. The van der Waals surface area contributed by atoms with Crippen molar-refractivity contribution >= 4 is 37.5 Å². The number of hydrogen-bond donors (Lipinski definition) is 1. The Labute approximate surface area is 344 Å². The summed E-state index contributed by atoms with van der Waals surface area (Å²) < 4.78 is 21.8. The lowest BCUT2D eigenvalue weighted by Crippen LogP contribution is -2.04. The maximum absolute atomic E-state index is 9.57. The van der Waals surface area contributed by atoms with Gasteiger partial charge in [-0.1, -0.05) is 87.4 Å². The number of aromatic hydroxyl groups is 1. The minimum absolute atomic E-state index is 0.106. The highest BCUT2D eigenvalue weighted by atomic mass is 16.5. The van der Waals surface area contributed by atoms with E-state index in [2.05, 4.69) is 44.4 Å². The molecule has 2 atom stereocenters. The number of phenolic OH excluding ortho intramolecular Hbond substituents is 1. The topological polar surface area (TPSA) is 91.4 Å². The van der Waals surface area contributed by atoms with Gasteiger partial charge in [0.15, 0.2) is 0 Å². The molecule has 0 amide bonds. The Kier molecular flexibility index (Phi) is 14.4. The van der Waals surface area contributed by atoms with Crippen LogP contribution in [0.25, 0.3) is 44.7 Å². The van der Waals surface area contributed by atoms with Crippen molar-refractivity contribution < 1.29 is 18.7 Å². The lowest BCUT2D eigenvalue weighted by molar-refractivity contribution is 0.323. The largest absolute Gasteiger partial charge is 0.507 e. The first-order valence-corrected chi connectivity index (χ1v) is 20.1. The van der Waals surface area contributed by atoms with Crippen LogP contribution >= 0.6 is 0 Å². The van der Waals surface area contributed by atoms with Gasteiger partial charge in [0.25, 0.3) is 0 Å². The van der Waals surface area contributed by atoms with E-state index in [1.807, 2.05) is 125 Å². The lowest BCUT2D eigenvalue weighted by atomic mass is 9.90. The van der Waals surface area contributed by atoms with Gasteiger partial charge in [-0.3, -0.25) is 0 Å². The van der Waals surface area contributed by atoms with E-state index in [0.717, 1.165) is 87.0 Å². The predicted octanol–water partition coefficient (Wildman–Crippen LogP) is 11.5. The number of phenols is 1. The monoisotopic (exact) mass is 770 g/mol. The van der Waals surface area contributed by atoms with Crippen molar-refractivity contribution in [1.82, 2.24) is 19.1 Å². The fourth-order valence-corrected chi connectivity index (χ4v) is 6.80. The Morgan fingerprint density at radius 1 is 0.638 bits per heavy atom. The second-order valence-electron chi connectivity index (χ2n) is 14.8. The number of unbranched alkanes of at least 4 members (excludes halogenated alkanes) is 1. The third-order valence-electron chi connectivity index (χ3n) is 9.72. The normalized spacial score (nSPS) is 12.1. The van der Waals surface area contributed by atoms with E-state index in [4.69, 9.17) is 29.3 Å². The van der Waals surface area contributed by atoms with Crippen LogP contribution in [0.3, 0.4) is 0 Å². The Bertz CT molecular complexity index is 2480. The van der Waals surface area contributed by atoms with Gasteiger partial charge in [-0.15, -0.1) is 0 Å². The molecule has 0 saturated heterocycles. The molecule has 0 aliphatic heterocycles. The Balaban J connectivity index is 0.000000160. The minimum Gasteiger partial charge on any atom is -0.507 e. The van der Waals surface area contributed by atoms with Crippen molar-refractivity contribution in [2.24, 2.45) is 0 Å². The summed E-state index contributed by atoms with van der Waals surface area (Å²) in [7, 11) is 11.7. The molecule has 8 nitrogen and oxygen atoms in total. The van der Waals surface area contributed by atoms with Crippen LogP contribution in [0.1, 0.15) is 56.5 Å². The zero-order valence-electron chi connectivity index (χ0n) is 34.3.